The summed E-state index contributed by atoms with van der Waals surface area (Å²) in [4.78, 5) is 13.2. The van der Waals surface area contributed by atoms with Crippen LogP contribution in [0.3, 0.4) is 0 Å². The van der Waals surface area contributed by atoms with Crippen molar-refractivity contribution in [2.75, 3.05) is 14.1 Å². The molecule has 0 aliphatic heterocycles. The molecule has 2 aromatic carbocycles. The Morgan fingerprint density at radius 1 is 1.19 bits per heavy atom. The lowest BCUT2D eigenvalue weighted by atomic mass is 10.1. The molecule has 7 heteroatoms. The fourth-order valence-corrected chi connectivity index (χ4v) is 2.87. The minimum absolute atomic E-state index is 0.0837. The van der Waals surface area contributed by atoms with Crippen molar-refractivity contribution >= 4 is 18.1 Å². The minimum Gasteiger partial charge on any atom is -0.409 e. The van der Waals surface area contributed by atoms with Gasteiger partial charge in [-0.25, -0.2) is 0 Å². The summed E-state index contributed by atoms with van der Waals surface area (Å²) in [5.74, 6) is 0.443. The fraction of sp³-hybridized carbons (Fsp3) is 0.211. The predicted octanol–water partition coefficient (Wildman–Crippen LogP) is 1.90. The van der Waals surface area contributed by atoms with E-state index in [1.165, 1.54) is 4.90 Å². The summed E-state index contributed by atoms with van der Waals surface area (Å²) in [6.07, 6.45) is 0. The quantitative estimate of drug-likeness (QED) is 0.652. The van der Waals surface area contributed by atoms with E-state index in [1.807, 2.05) is 54.6 Å². The molecule has 6 nitrogen and oxygen atoms in total. The number of amides is 1. The van der Waals surface area contributed by atoms with Crippen LogP contribution in [0.2, 0.25) is 0 Å². The van der Waals surface area contributed by atoms with Crippen LogP contribution in [0.5, 0.6) is 0 Å². The van der Waals surface area contributed by atoms with Gasteiger partial charge in [0.1, 0.15) is 6.54 Å². The molecule has 3 aromatic rings. The zero-order chi connectivity index (χ0) is 18.5. The maximum atomic E-state index is 11.6. The van der Waals surface area contributed by atoms with Gasteiger partial charge in [0.2, 0.25) is 5.89 Å². The topological polar surface area (TPSA) is 64.5 Å². The van der Waals surface area contributed by atoms with E-state index in [0.717, 1.165) is 17.7 Å². The molecule has 1 heterocycles. The zero-order valence-electron chi connectivity index (χ0n) is 14.7. The standard InChI is InChI=1S/C19H20N4O2S/c1-20-17(24)15-10-8-14(9-11-15)12-22(2)13-23-19(26)25-18(21-23)16-6-4-3-5-7-16/h3-11H,12-13H2,1-2H3,(H,20,24)/p+1. The normalized spacial score (nSPS) is 11.9. The van der Waals surface area contributed by atoms with Gasteiger partial charge in [0.05, 0.1) is 7.05 Å². The first-order valence-electron chi connectivity index (χ1n) is 8.32. The van der Waals surface area contributed by atoms with Gasteiger partial charge in [0, 0.05) is 23.7 Å². The van der Waals surface area contributed by atoms with Gasteiger partial charge in [-0.1, -0.05) is 30.3 Å². The van der Waals surface area contributed by atoms with Crippen molar-refractivity contribution in [3.63, 3.8) is 0 Å². The Balaban J connectivity index is 1.67. The second kappa shape index (κ2) is 8.07. The van der Waals surface area contributed by atoms with Crippen molar-refractivity contribution in [2.45, 2.75) is 13.2 Å². The average molecular weight is 369 g/mol. The van der Waals surface area contributed by atoms with Crippen LogP contribution < -0.4 is 10.2 Å². The summed E-state index contributed by atoms with van der Waals surface area (Å²) >= 11 is 5.29. The zero-order valence-corrected chi connectivity index (χ0v) is 15.5. The summed E-state index contributed by atoms with van der Waals surface area (Å²) < 4.78 is 7.32. The van der Waals surface area contributed by atoms with Gasteiger partial charge in [0.15, 0.2) is 6.67 Å². The molecule has 1 unspecified atom stereocenters. The third-order valence-corrected chi connectivity index (χ3v) is 4.29. The number of benzene rings is 2. The highest BCUT2D eigenvalue weighted by atomic mass is 32.1. The van der Waals surface area contributed by atoms with Gasteiger partial charge in [-0.15, -0.1) is 5.10 Å². The molecule has 0 spiro atoms. The van der Waals surface area contributed by atoms with Crippen molar-refractivity contribution in [3.8, 4) is 11.5 Å². The number of aromatic nitrogens is 2. The summed E-state index contributed by atoms with van der Waals surface area (Å²) in [7, 11) is 3.69. The first kappa shape index (κ1) is 18.0. The lowest BCUT2D eigenvalue weighted by molar-refractivity contribution is -0.917. The Bertz CT molecular complexity index is 932. The largest absolute Gasteiger partial charge is 0.409 e. The summed E-state index contributed by atoms with van der Waals surface area (Å²) in [5, 5.41) is 7.10. The number of carbonyl (C=O) groups excluding carboxylic acids is 1. The Labute approximate surface area is 157 Å². The van der Waals surface area contributed by atoms with E-state index >= 15 is 0 Å². The first-order valence-corrected chi connectivity index (χ1v) is 8.73. The highest BCUT2D eigenvalue weighted by Crippen LogP contribution is 2.16. The molecular weight excluding hydrogens is 348 g/mol. The van der Waals surface area contributed by atoms with Gasteiger partial charge in [-0.05, 0) is 36.5 Å². The summed E-state index contributed by atoms with van der Waals surface area (Å²) in [6.45, 7) is 1.37. The number of quaternary nitrogens is 1. The van der Waals surface area contributed by atoms with Crippen molar-refractivity contribution in [1.29, 1.82) is 0 Å². The number of rotatable bonds is 6. The number of nitrogens with zero attached hydrogens (tertiary/aromatic N) is 2. The van der Waals surface area contributed by atoms with Crippen molar-refractivity contribution in [1.82, 2.24) is 15.1 Å². The molecule has 0 saturated heterocycles. The van der Waals surface area contributed by atoms with Crippen LogP contribution in [0.1, 0.15) is 15.9 Å². The molecule has 0 saturated carbocycles. The second-order valence-corrected chi connectivity index (χ2v) is 6.46. The summed E-state index contributed by atoms with van der Waals surface area (Å²) in [6, 6.07) is 17.3. The molecule has 0 bridgehead atoms. The molecule has 0 aliphatic rings. The van der Waals surface area contributed by atoms with Gasteiger partial charge in [0.25, 0.3) is 10.7 Å². The van der Waals surface area contributed by atoms with Crippen LogP contribution in [0, 0.1) is 4.84 Å². The smallest absolute Gasteiger partial charge is 0.292 e. The number of hydrogen-bond acceptors (Lipinski definition) is 4. The van der Waals surface area contributed by atoms with E-state index in [2.05, 4.69) is 17.5 Å². The number of nitrogens with one attached hydrogen (secondary N) is 2. The third-order valence-electron chi connectivity index (χ3n) is 4.00. The van der Waals surface area contributed by atoms with E-state index in [1.54, 1.807) is 11.7 Å². The van der Waals surface area contributed by atoms with Gasteiger partial charge < -0.3 is 14.6 Å². The Kier molecular flexibility index (Phi) is 5.60. The van der Waals surface area contributed by atoms with Crippen LogP contribution in [-0.4, -0.2) is 29.8 Å². The first-order chi connectivity index (χ1) is 12.6. The third kappa shape index (κ3) is 4.25. The van der Waals surface area contributed by atoms with Crippen LogP contribution in [0.25, 0.3) is 11.5 Å². The fourth-order valence-electron chi connectivity index (χ4n) is 2.68. The molecule has 1 amide bonds. The highest BCUT2D eigenvalue weighted by Gasteiger charge is 2.12. The lowest BCUT2D eigenvalue weighted by Crippen LogP contribution is -3.07. The SMILES string of the molecule is CNC(=O)c1ccc(C[NH+](C)Cn2nc(-c3ccccc3)oc2=S)cc1. The van der Waals surface area contributed by atoms with Gasteiger partial charge in [-0.3, -0.25) is 4.79 Å². The molecule has 1 aromatic heterocycles. The molecule has 26 heavy (non-hydrogen) atoms. The van der Waals surface area contributed by atoms with Crippen LogP contribution in [-0.2, 0) is 13.2 Å². The minimum atomic E-state index is -0.0837. The van der Waals surface area contributed by atoms with Gasteiger partial charge in [-0.2, -0.15) is 4.68 Å². The Hall–Kier alpha value is -2.77. The van der Waals surface area contributed by atoms with E-state index in [9.17, 15) is 4.79 Å². The van der Waals surface area contributed by atoms with Gasteiger partial charge >= 0.3 is 0 Å². The van der Waals surface area contributed by atoms with E-state index in [0.29, 0.717) is 23.0 Å². The average Bonchev–Trinajstić information content (AvgIpc) is 3.03. The second-order valence-electron chi connectivity index (χ2n) is 6.11. The molecule has 3 rings (SSSR count). The molecule has 1 atom stereocenters. The lowest BCUT2D eigenvalue weighted by Gasteiger charge is -2.13. The van der Waals surface area contributed by atoms with Crippen LogP contribution >= 0.6 is 12.2 Å². The number of carbonyl (C=O) groups is 1. The maximum absolute atomic E-state index is 11.6. The van der Waals surface area contributed by atoms with E-state index in [-0.39, 0.29) is 5.91 Å². The molecule has 0 fully saturated rings. The predicted molar refractivity (Wildman–Crippen MR) is 101 cm³/mol. The Morgan fingerprint density at radius 2 is 1.88 bits per heavy atom. The highest BCUT2D eigenvalue weighted by molar-refractivity contribution is 7.71. The van der Waals surface area contributed by atoms with Crippen LogP contribution in [0.4, 0.5) is 0 Å². The van der Waals surface area contributed by atoms with Crippen molar-refractivity contribution in [2.24, 2.45) is 0 Å². The van der Waals surface area contributed by atoms with E-state index in [4.69, 9.17) is 16.6 Å². The van der Waals surface area contributed by atoms with Crippen LogP contribution in [0.15, 0.2) is 59.0 Å². The summed E-state index contributed by atoms with van der Waals surface area (Å²) in [5.41, 5.74) is 2.69. The molecule has 134 valence electrons. The molecule has 2 N–H and O–H groups in total. The molecule has 0 aliphatic carbocycles. The monoisotopic (exact) mass is 369 g/mol. The van der Waals surface area contributed by atoms with Crippen molar-refractivity contribution < 1.29 is 14.1 Å². The Morgan fingerprint density at radius 3 is 2.54 bits per heavy atom. The van der Waals surface area contributed by atoms with Crippen molar-refractivity contribution in [3.05, 3.63) is 70.6 Å². The molecule has 0 radical (unpaired) electrons. The number of hydrogen-bond donors (Lipinski definition) is 2. The maximum Gasteiger partial charge on any atom is 0.292 e. The van der Waals surface area contributed by atoms with E-state index < -0.39 is 0 Å². The molecular formula is C19H21N4O2S+.